The summed E-state index contributed by atoms with van der Waals surface area (Å²) in [5.41, 5.74) is -0.343. The molecule has 9 nitrogen and oxygen atoms in total. The molecule has 0 radical (unpaired) electrons. The van der Waals surface area contributed by atoms with Crippen LogP contribution in [-0.4, -0.2) is 68.7 Å². The van der Waals surface area contributed by atoms with E-state index in [2.05, 4.69) is 13.8 Å². The minimum Gasteiger partial charge on any atom is -0.478 e. The highest BCUT2D eigenvalue weighted by molar-refractivity contribution is 5.94. The lowest BCUT2D eigenvalue weighted by Crippen LogP contribution is -2.55. The predicted molar refractivity (Wildman–Crippen MR) is 181 cm³/mol. The molecule has 2 aliphatic rings. The molecular formula is C38H60O9. The second-order valence-corrected chi connectivity index (χ2v) is 14.8. The molecule has 2 fully saturated rings. The van der Waals surface area contributed by atoms with Gasteiger partial charge in [-0.25, -0.2) is 4.79 Å². The minimum atomic E-state index is -1.18. The van der Waals surface area contributed by atoms with E-state index in [9.17, 15) is 29.7 Å². The largest absolute Gasteiger partial charge is 0.478 e. The number of carbonyl (C=O) groups excluding carboxylic acids is 2. The van der Waals surface area contributed by atoms with Crippen LogP contribution in [0.2, 0.25) is 0 Å². The first-order valence-corrected chi connectivity index (χ1v) is 17.8. The van der Waals surface area contributed by atoms with E-state index < -0.39 is 47.0 Å². The van der Waals surface area contributed by atoms with Crippen molar-refractivity contribution in [2.75, 3.05) is 0 Å². The van der Waals surface area contributed by atoms with Crippen LogP contribution in [-0.2, 0) is 25.5 Å². The Kier molecular flexibility index (Phi) is 13.2. The number of rotatable bonds is 15. The Balaban J connectivity index is 1.72. The summed E-state index contributed by atoms with van der Waals surface area (Å²) in [5.74, 6) is -3.30. The molecule has 9 heteroatoms. The van der Waals surface area contributed by atoms with Gasteiger partial charge in [-0.15, -0.1) is 0 Å². The molecule has 0 amide bonds. The van der Waals surface area contributed by atoms with Gasteiger partial charge in [0.2, 0.25) is 0 Å². The average Bonchev–Trinajstić information content (AvgIpc) is 3.38. The number of ketones is 1. The lowest BCUT2D eigenvalue weighted by molar-refractivity contribution is -0.229. The fraction of sp³-hybridized carbons (Fsp3) is 0.763. The number of aliphatic hydroxyl groups is 2. The number of aliphatic hydroxyl groups excluding tert-OH is 1. The van der Waals surface area contributed by atoms with Crippen LogP contribution in [0.5, 0.6) is 5.75 Å². The van der Waals surface area contributed by atoms with Crippen molar-refractivity contribution in [1.29, 1.82) is 0 Å². The normalized spacial score (nSPS) is 30.5. The molecule has 0 aliphatic carbocycles. The monoisotopic (exact) mass is 660 g/mol. The lowest BCUT2D eigenvalue weighted by atomic mass is 9.76. The molecule has 0 spiro atoms. The number of hydrogen-bond donors (Lipinski definition) is 3. The Morgan fingerprint density at radius 3 is 2.26 bits per heavy atom. The van der Waals surface area contributed by atoms with E-state index in [0.29, 0.717) is 49.7 Å². The third-order valence-corrected chi connectivity index (χ3v) is 11.3. The maximum atomic E-state index is 14.0. The number of hydrogen-bond acceptors (Lipinski definition) is 8. The highest BCUT2D eigenvalue weighted by Gasteiger charge is 2.55. The Bertz CT molecular complexity index is 1260. The van der Waals surface area contributed by atoms with Gasteiger partial charge in [0, 0.05) is 11.8 Å². The Morgan fingerprint density at radius 2 is 1.72 bits per heavy atom. The van der Waals surface area contributed by atoms with Crippen LogP contribution in [0.4, 0.5) is 0 Å². The molecule has 0 aromatic heterocycles. The van der Waals surface area contributed by atoms with Crippen molar-refractivity contribution >= 4 is 17.7 Å². The Morgan fingerprint density at radius 1 is 1.06 bits per heavy atom. The van der Waals surface area contributed by atoms with Crippen LogP contribution in [0, 0.1) is 36.5 Å². The molecule has 1 aromatic rings. The number of aryl methyl sites for hydroxylation is 2. The SMILES string of the molecule is CCC(C(=O)C(C)C(O)C(C)CCc1ccc(C)c(OC(=O)C(C)C)c1C(=O)O)C1OC(CC)(C2CCC(O)(CC)C(C)O2)CC1C. The molecule has 266 valence electrons. The molecule has 0 bridgehead atoms. The van der Waals surface area contributed by atoms with Crippen molar-refractivity contribution in [3.63, 3.8) is 0 Å². The van der Waals surface area contributed by atoms with Crippen molar-refractivity contribution in [1.82, 2.24) is 0 Å². The van der Waals surface area contributed by atoms with Gasteiger partial charge in [-0.1, -0.05) is 67.5 Å². The topological polar surface area (TPSA) is 140 Å². The molecule has 2 saturated heterocycles. The van der Waals surface area contributed by atoms with Gasteiger partial charge < -0.3 is 29.5 Å². The number of carboxylic acid groups (broad SMARTS) is 1. The molecule has 1 aromatic carbocycles. The Hall–Kier alpha value is -2.33. The summed E-state index contributed by atoms with van der Waals surface area (Å²) in [6.45, 7) is 18.9. The fourth-order valence-electron chi connectivity index (χ4n) is 7.78. The van der Waals surface area contributed by atoms with Crippen LogP contribution in [0.25, 0.3) is 0 Å². The molecule has 3 rings (SSSR count). The summed E-state index contributed by atoms with van der Waals surface area (Å²) in [7, 11) is 0. The van der Waals surface area contributed by atoms with Gasteiger partial charge in [0.25, 0.3) is 0 Å². The van der Waals surface area contributed by atoms with E-state index in [1.807, 2.05) is 27.7 Å². The van der Waals surface area contributed by atoms with E-state index in [1.165, 1.54) is 0 Å². The summed E-state index contributed by atoms with van der Waals surface area (Å²) in [4.78, 5) is 38.6. The molecule has 10 unspecified atom stereocenters. The number of aromatic carboxylic acids is 1. The number of Topliss-reactive ketones (excluding diaryl/α,β-unsaturated/α-hetero) is 1. The van der Waals surface area contributed by atoms with Crippen LogP contribution in [0.3, 0.4) is 0 Å². The smallest absolute Gasteiger partial charge is 0.339 e. The maximum absolute atomic E-state index is 14.0. The quantitative estimate of drug-likeness (QED) is 0.139. The van der Waals surface area contributed by atoms with Crippen LogP contribution >= 0.6 is 0 Å². The van der Waals surface area contributed by atoms with Crippen LogP contribution < -0.4 is 4.74 Å². The second-order valence-electron chi connectivity index (χ2n) is 14.8. The highest BCUT2D eigenvalue weighted by Crippen LogP contribution is 2.48. The van der Waals surface area contributed by atoms with Gasteiger partial charge >= 0.3 is 11.9 Å². The zero-order valence-corrected chi connectivity index (χ0v) is 30.3. The van der Waals surface area contributed by atoms with E-state index in [0.717, 1.165) is 12.8 Å². The summed E-state index contributed by atoms with van der Waals surface area (Å²) in [6.07, 6.45) is 3.14. The first-order chi connectivity index (χ1) is 22.0. The zero-order valence-electron chi connectivity index (χ0n) is 30.3. The van der Waals surface area contributed by atoms with Crippen molar-refractivity contribution in [2.45, 2.75) is 156 Å². The van der Waals surface area contributed by atoms with Crippen molar-refractivity contribution in [2.24, 2.45) is 29.6 Å². The number of carboxylic acids is 1. The van der Waals surface area contributed by atoms with Crippen molar-refractivity contribution in [3.05, 3.63) is 28.8 Å². The molecule has 47 heavy (non-hydrogen) atoms. The summed E-state index contributed by atoms with van der Waals surface area (Å²) < 4.78 is 18.8. The third kappa shape index (κ3) is 8.28. The van der Waals surface area contributed by atoms with Gasteiger partial charge in [-0.05, 0) is 88.2 Å². The lowest BCUT2D eigenvalue weighted by Gasteiger charge is -2.47. The third-order valence-electron chi connectivity index (χ3n) is 11.3. The molecule has 3 N–H and O–H groups in total. The fourth-order valence-corrected chi connectivity index (χ4v) is 7.78. The van der Waals surface area contributed by atoms with Gasteiger partial charge in [0.15, 0.2) is 0 Å². The summed E-state index contributed by atoms with van der Waals surface area (Å²) in [5, 5.41) is 32.4. The molecule has 2 heterocycles. The van der Waals surface area contributed by atoms with E-state index in [1.54, 1.807) is 39.8 Å². The van der Waals surface area contributed by atoms with E-state index in [-0.39, 0.29) is 47.2 Å². The second kappa shape index (κ2) is 15.9. The van der Waals surface area contributed by atoms with Gasteiger partial charge in [0.05, 0.1) is 41.5 Å². The molecular weight excluding hydrogens is 600 g/mol. The molecule has 0 saturated carbocycles. The van der Waals surface area contributed by atoms with Gasteiger partial charge in [0.1, 0.15) is 17.1 Å². The molecule has 2 aliphatic heterocycles. The highest BCUT2D eigenvalue weighted by atomic mass is 16.6. The summed E-state index contributed by atoms with van der Waals surface area (Å²) >= 11 is 0. The first-order valence-electron chi connectivity index (χ1n) is 17.8. The van der Waals surface area contributed by atoms with E-state index in [4.69, 9.17) is 14.2 Å². The average molecular weight is 661 g/mol. The minimum absolute atomic E-state index is 0.0293. The van der Waals surface area contributed by atoms with Gasteiger partial charge in [-0.2, -0.15) is 0 Å². The predicted octanol–water partition coefficient (Wildman–Crippen LogP) is 6.70. The molecule has 10 atom stereocenters. The van der Waals surface area contributed by atoms with Crippen molar-refractivity contribution in [3.8, 4) is 5.75 Å². The van der Waals surface area contributed by atoms with Crippen LogP contribution in [0.15, 0.2) is 12.1 Å². The van der Waals surface area contributed by atoms with Crippen molar-refractivity contribution < 1.29 is 43.9 Å². The first kappa shape index (κ1) is 39.1. The number of benzene rings is 1. The van der Waals surface area contributed by atoms with Gasteiger partial charge in [-0.3, -0.25) is 9.59 Å². The van der Waals surface area contributed by atoms with Crippen LogP contribution in [0.1, 0.15) is 129 Å². The van der Waals surface area contributed by atoms with E-state index >= 15 is 0 Å². The number of carbonyl (C=O) groups is 3. The standard InChI is InChI=1S/C38H60O9/c1-11-28(33-24(8)20-38(13-3,47-33)29-18-19-37(44,12-2)26(10)45-29)32(40)25(9)31(39)22(6)14-16-27-17-15-23(7)34(30(27)35(41)42)46-36(43)21(4)5/h15,17,21-22,24-26,28-29,31,33,39,44H,11-14,16,18-20H2,1-10H3,(H,41,42). The summed E-state index contributed by atoms with van der Waals surface area (Å²) in [6, 6.07) is 3.47. The number of esters is 1. The zero-order chi connectivity index (χ0) is 35.4. The Labute approximate surface area is 281 Å². The maximum Gasteiger partial charge on any atom is 0.339 e. The number of ether oxygens (including phenoxy) is 3.